The van der Waals surface area contributed by atoms with Gasteiger partial charge < -0.3 is 5.32 Å². The summed E-state index contributed by atoms with van der Waals surface area (Å²) in [6.45, 7) is 4.30. The van der Waals surface area contributed by atoms with E-state index in [2.05, 4.69) is 19.2 Å². The smallest absolute Gasteiger partial charge is 0.341 e. The van der Waals surface area contributed by atoms with Crippen LogP contribution in [-0.4, -0.2) is 20.2 Å². The summed E-state index contributed by atoms with van der Waals surface area (Å²) in [4.78, 5) is -0.317. The van der Waals surface area contributed by atoms with Crippen LogP contribution in [0.25, 0.3) is 0 Å². The largest absolute Gasteiger partial charge is 0.381 e. The van der Waals surface area contributed by atoms with Gasteiger partial charge in [-0.2, -0.15) is 8.78 Å². The molecule has 1 saturated carbocycles. The molecule has 1 N–H and O–H groups in total. The molecular formula is C14H19F2NO2S. The lowest BCUT2D eigenvalue weighted by atomic mass is 9.73. The number of nitrogens with one attached hydrogen (secondary N) is 1. The third kappa shape index (κ3) is 2.95. The molecule has 0 spiro atoms. The summed E-state index contributed by atoms with van der Waals surface area (Å²) < 4.78 is 48.6. The van der Waals surface area contributed by atoms with Gasteiger partial charge in [0, 0.05) is 6.04 Å². The Bertz CT molecular complexity index is 566. The molecule has 1 aromatic carbocycles. The fourth-order valence-corrected chi connectivity index (χ4v) is 3.37. The monoisotopic (exact) mass is 303 g/mol. The van der Waals surface area contributed by atoms with Gasteiger partial charge in [0.1, 0.15) is 0 Å². The van der Waals surface area contributed by atoms with Crippen molar-refractivity contribution in [3.05, 3.63) is 24.3 Å². The maximum absolute atomic E-state index is 12.7. The average molecular weight is 303 g/mol. The van der Waals surface area contributed by atoms with E-state index in [0.29, 0.717) is 11.8 Å². The van der Waals surface area contributed by atoms with Crippen LogP contribution in [0, 0.1) is 11.8 Å². The van der Waals surface area contributed by atoms with Crippen LogP contribution in [0.5, 0.6) is 0 Å². The third-order valence-corrected chi connectivity index (χ3v) is 5.34. The molecule has 0 aromatic heterocycles. The van der Waals surface area contributed by atoms with Crippen molar-refractivity contribution in [3.8, 4) is 0 Å². The van der Waals surface area contributed by atoms with Gasteiger partial charge in [0.25, 0.3) is 0 Å². The standard InChI is InChI=1S/C14H19F2NO2S/c1-9(2)10-7-11(8-10)17-12-5-3-4-6-13(12)20(18,19)14(15)16/h3-6,9-11,14,17H,7-8H2,1-2H3. The minimum Gasteiger partial charge on any atom is -0.381 e. The molecule has 0 aliphatic heterocycles. The molecule has 1 aromatic rings. The summed E-state index contributed by atoms with van der Waals surface area (Å²) >= 11 is 0. The normalized spacial score (nSPS) is 22.9. The van der Waals surface area contributed by atoms with E-state index >= 15 is 0 Å². The number of alkyl halides is 2. The van der Waals surface area contributed by atoms with Gasteiger partial charge >= 0.3 is 5.76 Å². The van der Waals surface area contributed by atoms with Crippen molar-refractivity contribution in [3.63, 3.8) is 0 Å². The quantitative estimate of drug-likeness (QED) is 0.905. The van der Waals surface area contributed by atoms with E-state index in [1.807, 2.05) is 0 Å². The van der Waals surface area contributed by atoms with Crippen LogP contribution >= 0.6 is 0 Å². The minimum absolute atomic E-state index is 0.163. The Balaban J connectivity index is 2.15. The zero-order valence-electron chi connectivity index (χ0n) is 11.5. The first-order valence-electron chi connectivity index (χ1n) is 6.70. The Morgan fingerprint density at radius 1 is 1.20 bits per heavy atom. The molecule has 0 heterocycles. The van der Waals surface area contributed by atoms with E-state index in [4.69, 9.17) is 0 Å². The van der Waals surface area contributed by atoms with Crippen LogP contribution in [0.1, 0.15) is 26.7 Å². The fourth-order valence-electron chi connectivity index (χ4n) is 2.47. The molecule has 0 unspecified atom stereocenters. The van der Waals surface area contributed by atoms with Crippen LogP contribution < -0.4 is 5.32 Å². The van der Waals surface area contributed by atoms with Crippen molar-refractivity contribution < 1.29 is 17.2 Å². The lowest BCUT2D eigenvalue weighted by Crippen LogP contribution is -2.38. The predicted octanol–water partition coefficient (Wildman–Crippen LogP) is 3.53. The molecule has 1 aliphatic carbocycles. The zero-order valence-corrected chi connectivity index (χ0v) is 12.3. The fraction of sp³-hybridized carbons (Fsp3) is 0.571. The SMILES string of the molecule is CC(C)C1CC(Nc2ccccc2S(=O)(=O)C(F)F)C1. The highest BCUT2D eigenvalue weighted by Gasteiger charge is 2.33. The first kappa shape index (κ1) is 15.2. The van der Waals surface area contributed by atoms with Crippen molar-refractivity contribution in [2.45, 2.75) is 43.4 Å². The number of sulfone groups is 1. The second kappa shape index (κ2) is 5.68. The topological polar surface area (TPSA) is 46.2 Å². The Labute approximate surface area is 118 Å². The van der Waals surface area contributed by atoms with Crippen LogP contribution in [0.3, 0.4) is 0 Å². The summed E-state index contributed by atoms with van der Waals surface area (Å²) in [5, 5.41) is 3.08. The molecule has 0 amide bonds. The van der Waals surface area contributed by atoms with Gasteiger partial charge in [0.2, 0.25) is 9.84 Å². The van der Waals surface area contributed by atoms with E-state index in [-0.39, 0.29) is 16.6 Å². The van der Waals surface area contributed by atoms with Crippen molar-refractivity contribution in [1.29, 1.82) is 0 Å². The van der Waals surface area contributed by atoms with Gasteiger partial charge in [-0.05, 0) is 36.8 Å². The summed E-state index contributed by atoms with van der Waals surface area (Å²) in [6, 6.07) is 6.03. The molecule has 0 saturated heterocycles. The summed E-state index contributed by atoms with van der Waals surface area (Å²) in [7, 11) is -4.56. The van der Waals surface area contributed by atoms with Gasteiger partial charge in [-0.1, -0.05) is 26.0 Å². The summed E-state index contributed by atoms with van der Waals surface area (Å²) in [5.74, 6) is -2.19. The Kier molecular flexibility index (Phi) is 4.32. The molecular weight excluding hydrogens is 284 g/mol. The number of para-hydroxylation sites is 1. The van der Waals surface area contributed by atoms with Gasteiger partial charge in [-0.15, -0.1) is 0 Å². The second-order valence-electron chi connectivity index (χ2n) is 5.62. The zero-order chi connectivity index (χ0) is 14.9. The minimum atomic E-state index is -4.56. The van der Waals surface area contributed by atoms with E-state index < -0.39 is 15.6 Å². The first-order chi connectivity index (χ1) is 9.32. The highest BCUT2D eigenvalue weighted by molar-refractivity contribution is 7.91. The molecule has 6 heteroatoms. The second-order valence-corrected chi connectivity index (χ2v) is 7.50. The highest BCUT2D eigenvalue weighted by atomic mass is 32.2. The lowest BCUT2D eigenvalue weighted by Gasteiger charge is -2.39. The Hall–Kier alpha value is -1.17. The van der Waals surface area contributed by atoms with Gasteiger partial charge in [-0.25, -0.2) is 8.42 Å². The lowest BCUT2D eigenvalue weighted by molar-refractivity contribution is 0.211. The van der Waals surface area contributed by atoms with Crippen molar-refractivity contribution >= 4 is 15.5 Å². The highest BCUT2D eigenvalue weighted by Crippen LogP contribution is 2.37. The number of halogens is 2. The molecule has 2 rings (SSSR count). The molecule has 1 aliphatic rings. The number of rotatable bonds is 5. The van der Waals surface area contributed by atoms with Crippen LogP contribution in [0.4, 0.5) is 14.5 Å². The molecule has 1 fully saturated rings. The summed E-state index contributed by atoms with van der Waals surface area (Å²) in [5.41, 5.74) is 0.278. The van der Waals surface area contributed by atoms with E-state index in [1.54, 1.807) is 6.07 Å². The van der Waals surface area contributed by atoms with Crippen molar-refractivity contribution in [2.24, 2.45) is 11.8 Å². The van der Waals surface area contributed by atoms with Crippen LogP contribution in [0.15, 0.2) is 29.2 Å². The molecule has 112 valence electrons. The van der Waals surface area contributed by atoms with Gasteiger partial charge in [0.15, 0.2) is 0 Å². The average Bonchev–Trinajstić information content (AvgIpc) is 2.32. The number of hydrogen-bond acceptors (Lipinski definition) is 3. The Morgan fingerprint density at radius 3 is 2.35 bits per heavy atom. The molecule has 0 radical (unpaired) electrons. The van der Waals surface area contributed by atoms with Crippen molar-refractivity contribution in [1.82, 2.24) is 0 Å². The maximum atomic E-state index is 12.7. The van der Waals surface area contributed by atoms with Crippen molar-refractivity contribution in [2.75, 3.05) is 5.32 Å². The van der Waals surface area contributed by atoms with E-state index in [1.165, 1.54) is 18.2 Å². The molecule has 20 heavy (non-hydrogen) atoms. The first-order valence-corrected chi connectivity index (χ1v) is 8.24. The number of benzene rings is 1. The van der Waals surface area contributed by atoms with E-state index in [9.17, 15) is 17.2 Å². The van der Waals surface area contributed by atoms with E-state index in [0.717, 1.165) is 12.8 Å². The van der Waals surface area contributed by atoms with Gasteiger partial charge in [-0.3, -0.25) is 0 Å². The predicted molar refractivity (Wildman–Crippen MR) is 74.6 cm³/mol. The molecule has 0 atom stereocenters. The third-order valence-electron chi connectivity index (χ3n) is 3.91. The summed E-state index contributed by atoms with van der Waals surface area (Å²) in [6.07, 6.45) is 1.89. The number of hydrogen-bond donors (Lipinski definition) is 1. The van der Waals surface area contributed by atoms with Gasteiger partial charge in [0.05, 0.1) is 10.6 Å². The molecule has 0 bridgehead atoms. The number of anilines is 1. The maximum Gasteiger partial charge on any atom is 0.341 e. The van der Waals surface area contributed by atoms with Crippen LogP contribution in [-0.2, 0) is 9.84 Å². The molecule has 3 nitrogen and oxygen atoms in total. The Morgan fingerprint density at radius 2 is 1.80 bits per heavy atom. The van der Waals surface area contributed by atoms with Crippen LogP contribution in [0.2, 0.25) is 0 Å².